The van der Waals surface area contributed by atoms with Crippen molar-refractivity contribution in [1.29, 1.82) is 0 Å². The summed E-state index contributed by atoms with van der Waals surface area (Å²) in [5.74, 6) is -0.229. The minimum Gasteiger partial charge on any atom is -0.319 e. The van der Waals surface area contributed by atoms with Crippen molar-refractivity contribution in [2.24, 2.45) is 0 Å². The van der Waals surface area contributed by atoms with Crippen molar-refractivity contribution in [1.82, 2.24) is 14.8 Å². The number of anilines is 1. The molecule has 0 fully saturated rings. The lowest BCUT2D eigenvalue weighted by atomic mass is 10.1. The van der Waals surface area contributed by atoms with Crippen LogP contribution in [-0.2, 0) is 6.42 Å². The largest absolute Gasteiger partial charge is 0.319 e. The number of amides is 1. The van der Waals surface area contributed by atoms with Crippen LogP contribution in [0.5, 0.6) is 0 Å². The monoisotopic (exact) mass is 326 g/mol. The maximum Gasteiger partial charge on any atom is 0.295 e. The summed E-state index contributed by atoms with van der Waals surface area (Å²) in [5, 5.41) is 7.65. The highest BCUT2D eigenvalue weighted by Crippen LogP contribution is 2.14. The third kappa shape index (κ3) is 3.57. The van der Waals surface area contributed by atoms with Gasteiger partial charge in [0, 0.05) is 10.7 Å². The Morgan fingerprint density at radius 3 is 2.74 bits per heavy atom. The molecule has 0 atom stereocenters. The van der Waals surface area contributed by atoms with E-state index in [1.54, 1.807) is 12.1 Å². The fourth-order valence-electron chi connectivity index (χ4n) is 2.14. The van der Waals surface area contributed by atoms with Gasteiger partial charge >= 0.3 is 0 Å². The van der Waals surface area contributed by atoms with Crippen LogP contribution in [0.2, 0.25) is 5.02 Å². The van der Waals surface area contributed by atoms with Crippen molar-refractivity contribution in [3.63, 3.8) is 0 Å². The van der Waals surface area contributed by atoms with E-state index >= 15 is 0 Å². The number of nitrogens with one attached hydrogen (secondary N) is 1. The molecular weight excluding hydrogens is 312 g/mol. The van der Waals surface area contributed by atoms with Crippen LogP contribution in [0.3, 0.4) is 0 Å². The second kappa shape index (κ2) is 6.62. The van der Waals surface area contributed by atoms with Gasteiger partial charge in [0.05, 0.1) is 5.69 Å². The van der Waals surface area contributed by atoms with E-state index in [9.17, 15) is 4.79 Å². The molecule has 5 nitrogen and oxygen atoms in total. The van der Waals surface area contributed by atoms with E-state index in [1.807, 2.05) is 36.4 Å². The fraction of sp³-hybridized carbons (Fsp3) is 0.118. The highest BCUT2D eigenvalue weighted by atomic mass is 35.5. The zero-order chi connectivity index (χ0) is 16.2. The molecule has 0 saturated carbocycles. The summed E-state index contributed by atoms with van der Waals surface area (Å²) >= 11 is 5.86. The SMILES string of the molecule is CCc1cccc(NC(=O)c2ncn(-c3ccc(Cl)cc3)n2)c1. The first kappa shape index (κ1) is 15.2. The lowest BCUT2D eigenvalue weighted by Crippen LogP contribution is -2.14. The number of nitrogens with zero attached hydrogens (tertiary/aromatic N) is 3. The lowest BCUT2D eigenvalue weighted by molar-refractivity contribution is 0.101. The summed E-state index contributed by atoms with van der Waals surface area (Å²) in [7, 11) is 0. The molecule has 1 heterocycles. The number of carbonyl (C=O) groups excluding carboxylic acids is 1. The Balaban J connectivity index is 1.76. The minimum absolute atomic E-state index is 0.113. The van der Waals surface area contributed by atoms with Crippen molar-refractivity contribution in [3.8, 4) is 5.69 Å². The average Bonchev–Trinajstić information content (AvgIpc) is 3.06. The molecule has 3 rings (SSSR count). The Kier molecular flexibility index (Phi) is 4.39. The van der Waals surface area contributed by atoms with Gasteiger partial charge in [-0.2, -0.15) is 0 Å². The molecule has 0 aliphatic heterocycles. The number of aryl methyl sites for hydroxylation is 1. The number of hydrogen-bond acceptors (Lipinski definition) is 3. The van der Waals surface area contributed by atoms with Gasteiger partial charge in [0.2, 0.25) is 5.82 Å². The zero-order valence-corrected chi connectivity index (χ0v) is 13.3. The molecule has 116 valence electrons. The molecule has 0 radical (unpaired) electrons. The normalized spacial score (nSPS) is 10.5. The van der Waals surface area contributed by atoms with Crippen LogP contribution in [0.1, 0.15) is 23.1 Å². The number of carbonyl (C=O) groups is 1. The molecule has 3 aromatic rings. The summed E-state index contributed by atoms with van der Waals surface area (Å²) in [6.07, 6.45) is 2.41. The minimum atomic E-state index is -0.342. The van der Waals surface area contributed by atoms with Gasteiger partial charge in [-0.25, -0.2) is 9.67 Å². The van der Waals surface area contributed by atoms with Gasteiger partial charge in [-0.1, -0.05) is 30.7 Å². The molecule has 6 heteroatoms. The predicted octanol–water partition coefficient (Wildman–Crippen LogP) is 3.74. The van der Waals surface area contributed by atoms with Crippen LogP contribution in [-0.4, -0.2) is 20.7 Å². The Morgan fingerprint density at radius 1 is 1.22 bits per heavy atom. The number of hydrogen-bond donors (Lipinski definition) is 1. The van der Waals surface area contributed by atoms with E-state index in [4.69, 9.17) is 11.6 Å². The molecule has 0 bridgehead atoms. The van der Waals surface area contributed by atoms with Gasteiger partial charge in [0.25, 0.3) is 5.91 Å². The summed E-state index contributed by atoms with van der Waals surface area (Å²) in [6, 6.07) is 14.8. The van der Waals surface area contributed by atoms with Crippen molar-refractivity contribution in [3.05, 3.63) is 71.3 Å². The molecule has 0 spiro atoms. The molecule has 0 aliphatic carbocycles. The number of aromatic nitrogens is 3. The highest BCUT2D eigenvalue weighted by molar-refractivity contribution is 6.30. The molecule has 1 aromatic heterocycles. The topological polar surface area (TPSA) is 59.8 Å². The van der Waals surface area contributed by atoms with Gasteiger partial charge in [-0.05, 0) is 48.4 Å². The van der Waals surface area contributed by atoms with Gasteiger partial charge in [-0.15, -0.1) is 5.10 Å². The van der Waals surface area contributed by atoms with Crippen LogP contribution in [0.4, 0.5) is 5.69 Å². The molecule has 0 aliphatic rings. The Hall–Kier alpha value is -2.66. The van der Waals surface area contributed by atoms with Gasteiger partial charge in [0.15, 0.2) is 0 Å². The molecule has 23 heavy (non-hydrogen) atoms. The smallest absolute Gasteiger partial charge is 0.295 e. The predicted molar refractivity (Wildman–Crippen MR) is 90.1 cm³/mol. The highest BCUT2D eigenvalue weighted by Gasteiger charge is 2.12. The Labute approximate surface area is 138 Å². The van der Waals surface area contributed by atoms with Gasteiger partial charge in [0.1, 0.15) is 6.33 Å². The third-order valence-electron chi connectivity index (χ3n) is 3.38. The summed E-state index contributed by atoms with van der Waals surface area (Å²) < 4.78 is 1.54. The van der Waals surface area contributed by atoms with Crippen molar-refractivity contribution in [2.75, 3.05) is 5.32 Å². The zero-order valence-electron chi connectivity index (χ0n) is 12.5. The van der Waals surface area contributed by atoms with E-state index in [-0.39, 0.29) is 11.7 Å². The molecule has 0 saturated heterocycles. The number of benzene rings is 2. The van der Waals surface area contributed by atoms with Crippen LogP contribution in [0, 0.1) is 0 Å². The van der Waals surface area contributed by atoms with Crippen molar-refractivity contribution >= 4 is 23.2 Å². The first-order valence-corrected chi connectivity index (χ1v) is 7.61. The second-order valence-corrected chi connectivity index (χ2v) is 5.43. The van der Waals surface area contributed by atoms with Gasteiger partial charge < -0.3 is 5.32 Å². The quantitative estimate of drug-likeness (QED) is 0.794. The lowest BCUT2D eigenvalue weighted by Gasteiger charge is -2.04. The molecule has 0 unspecified atom stereocenters. The maximum atomic E-state index is 12.2. The first-order chi connectivity index (χ1) is 11.2. The van der Waals surface area contributed by atoms with Crippen LogP contribution in [0.15, 0.2) is 54.9 Å². The number of rotatable bonds is 4. The van der Waals surface area contributed by atoms with E-state index in [0.29, 0.717) is 5.02 Å². The Bertz CT molecular complexity index is 827. The molecule has 2 aromatic carbocycles. The summed E-state index contributed by atoms with van der Waals surface area (Å²) in [6.45, 7) is 2.07. The maximum absolute atomic E-state index is 12.2. The third-order valence-corrected chi connectivity index (χ3v) is 3.63. The van der Waals surface area contributed by atoms with Gasteiger partial charge in [-0.3, -0.25) is 4.79 Å². The fourth-order valence-corrected chi connectivity index (χ4v) is 2.27. The van der Waals surface area contributed by atoms with E-state index in [1.165, 1.54) is 11.0 Å². The van der Waals surface area contributed by atoms with Crippen molar-refractivity contribution < 1.29 is 4.79 Å². The second-order valence-electron chi connectivity index (χ2n) is 5.00. The van der Waals surface area contributed by atoms with Crippen LogP contribution < -0.4 is 5.32 Å². The summed E-state index contributed by atoms with van der Waals surface area (Å²) in [4.78, 5) is 16.3. The number of halogens is 1. The van der Waals surface area contributed by atoms with Crippen LogP contribution in [0.25, 0.3) is 5.69 Å². The standard InChI is InChI=1S/C17H15ClN4O/c1-2-12-4-3-5-14(10-12)20-17(23)16-19-11-22(21-16)15-8-6-13(18)7-9-15/h3-11H,2H2,1H3,(H,20,23). The van der Waals surface area contributed by atoms with E-state index in [0.717, 1.165) is 23.4 Å². The van der Waals surface area contributed by atoms with Crippen LogP contribution >= 0.6 is 11.6 Å². The first-order valence-electron chi connectivity index (χ1n) is 7.23. The molecule has 1 N–H and O–H groups in total. The Morgan fingerprint density at radius 2 is 2.00 bits per heavy atom. The van der Waals surface area contributed by atoms with E-state index in [2.05, 4.69) is 22.3 Å². The average molecular weight is 327 g/mol. The summed E-state index contributed by atoms with van der Waals surface area (Å²) in [5.41, 5.74) is 2.67. The molecular formula is C17H15ClN4O. The van der Waals surface area contributed by atoms with Crippen molar-refractivity contribution in [2.45, 2.75) is 13.3 Å². The molecule has 1 amide bonds. The van der Waals surface area contributed by atoms with E-state index < -0.39 is 0 Å².